The van der Waals surface area contributed by atoms with E-state index in [1.807, 2.05) is 0 Å². The van der Waals surface area contributed by atoms with Crippen molar-refractivity contribution in [1.82, 2.24) is 4.31 Å². The summed E-state index contributed by atoms with van der Waals surface area (Å²) in [6, 6.07) is 4.92. The lowest BCUT2D eigenvalue weighted by molar-refractivity contribution is 0.196. The van der Waals surface area contributed by atoms with E-state index in [2.05, 4.69) is 29.8 Å². The van der Waals surface area contributed by atoms with Crippen LogP contribution in [0.3, 0.4) is 0 Å². The molecule has 4 nitrogen and oxygen atoms in total. The summed E-state index contributed by atoms with van der Waals surface area (Å²) < 4.78 is 27.5. The van der Waals surface area contributed by atoms with Gasteiger partial charge in [-0.2, -0.15) is 4.31 Å². The fourth-order valence-corrected chi connectivity index (χ4v) is 4.73. The van der Waals surface area contributed by atoms with Crippen LogP contribution in [0.25, 0.3) is 0 Å². The topological polar surface area (TPSA) is 57.6 Å². The van der Waals surface area contributed by atoms with Crippen molar-refractivity contribution in [1.29, 1.82) is 0 Å². The molecule has 0 bridgehead atoms. The van der Waals surface area contributed by atoms with Crippen LogP contribution in [0.15, 0.2) is 27.6 Å². The largest absolute Gasteiger partial charge is 0.392 e. The molecule has 2 rings (SSSR count). The van der Waals surface area contributed by atoms with Gasteiger partial charge in [0, 0.05) is 17.6 Å². The highest BCUT2D eigenvalue weighted by molar-refractivity contribution is 9.10. The highest BCUT2D eigenvalue weighted by atomic mass is 79.9. The Labute approximate surface area is 129 Å². The van der Waals surface area contributed by atoms with E-state index in [4.69, 9.17) is 0 Å². The summed E-state index contributed by atoms with van der Waals surface area (Å²) in [6.07, 6.45) is 1.73. The second-order valence-corrected chi connectivity index (χ2v) is 8.75. The lowest BCUT2D eigenvalue weighted by Crippen LogP contribution is -2.41. The van der Waals surface area contributed by atoms with Gasteiger partial charge in [0.25, 0.3) is 0 Å². The minimum Gasteiger partial charge on any atom is -0.392 e. The molecular formula is C14H20BrNO3S. The van der Waals surface area contributed by atoms with Gasteiger partial charge in [0.2, 0.25) is 10.0 Å². The number of piperidine rings is 1. The molecule has 1 aromatic rings. The van der Waals surface area contributed by atoms with E-state index in [1.54, 1.807) is 22.5 Å². The Kier molecular flexibility index (Phi) is 4.59. The second kappa shape index (κ2) is 5.75. The SMILES string of the molecule is CC1(C)CCN(S(=O)(=O)c2cc(CO)ccc2Br)CC1. The van der Waals surface area contributed by atoms with Crippen LogP contribution in [0.2, 0.25) is 0 Å². The minimum atomic E-state index is -3.50. The first-order valence-electron chi connectivity index (χ1n) is 6.66. The van der Waals surface area contributed by atoms with Crippen molar-refractivity contribution < 1.29 is 13.5 Å². The van der Waals surface area contributed by atoms with Crippen LogP contribution in [-0.2, 0) is 16.6 Å². The summed E-state index contributed by atoms with van der Waals surface area (Å²) in [5, 5.41) is 9.17. The molecule has 1 fully saturated rings. The Hall–Kier alpha value is -0.430. The predicted octanol–water partition coefficient (Wildman–Crippen LogP) is 2.75. The Bertz CT molecular complexity index is 588. The first-order chi connectivity index (χ1) is 9.26. The van der Waals surface area contributed by atoms with Gasteiger partial charge < -0.3 is 5.11 Å². The van der Waals surface area contributed by atoms with E-state index in [-0.39, 0.29) is 16.9 Å². The van der Waals surface area contributed by atoms with E-state index >= 15 is 0 Å². The van der Waals surface area contributed by atoms with Gasteiger partial charge in [-0.3, -0.25) is 0 Å². The number of hydrogen-bond donors (Lipinski definition) is 1. The van der Waals surface area contributed by atoms with Crippen molar-refractivity contribution >= 4 is 26.0 Å². The van der Waals surface area contributed by atoms with E-state index in [0.717, 1.165) is 12.8 Å². The lowest BCUT2D eigenvalue weighted by Gasteiger charge is -2.36. The third-order valence-corrected chi connectivity index (χ3v) is 6.76. The van der Waals surface area contributed by atoms with Gasteiger partial charge >= 0.3 is 0 Å². The van der Waals surface area contributed by atoms with Crippen LogP contribution >= 0.6 is 15.9 Å². The number of aliphatic hydroxyl groups is 1. The normalized spacial score (nSPS) is 20.0. The summed E-state index contributed by atoms with van der Waals surface area (Å²) in [5.74, 6) is 0. The third-order valence-electron chi connectivity index (χ3n) is 3.87. The van der Waals surface area contributed by atoms with Crippen molar-refractivity contribution in [3.05, 3.63) is 28.2 Å². The number of halogens is 1. The third kappa shape index (κ3) is 3.24. The van der Waals surface area contributed by atoms with E-state index in [0.29, 0.717) is 23.1 Å². The van der Waals surface area contributed by atoms with Crippen LogP contribution in [-0.4, -0.2) is 30.9 Å². The number of nitrogens with zero attached hydrogens (tertiary/aromatic N) is 1. The molecule has 1 aliphatic heterocycles. The number of aliphatic hydroxyl groups excluding tert-OH is 1. The molecule has 1 aromatic carbocycles. The average molecular weight is 362 g/mol. The molecule has 0 radical (unpaired) electrons. The summed E-state index contributed by atoms with van der Waals surface area (Å²) >= 11 is 3.30. The maximum Gasteiger partial charge on any atom is 0.244 e. The molecule has 0 aromatic heterocycles. The summed E-state index contributed by atoms with van der Waals surface area (Å²) in [6.45, 7) is 5.26. The number of hydrogen-bond acceptors (Lipinski definition) is 3. The van der Waals surface area contributed by atoms with Gasteiger partial charge in [0.15, 0.2) is 0 Å². The molecule has 0 atom stereocenters. The molecule has 0 aliphatic carbocycles. The molecule has 0 unspecified atom stereocenters. The molecule has 0 amide bonds. The van der Waals surface area contributed by atoms with Gasteiger partial charge in [-0.25, -0.2) is 8.42 Å². The van der Waals surface area contributed by atoms with Crippen molar-refractivity contribution in [2.45, 2.75) is 38.2 Å². The van der Waals surface area contributed by atoms with Gasteiger partial charge in [-0.1, -0.05) is 19.9 Å². The maximum absolute atomic E-state index is 12.7. The van der Waals surface area contributed by atoms with Crippen molar-refractivity contribution in [2.24, 2.45) is 5.41 Å². The Morgan fingerprint density at radius 1 is 1.30 bits per heavy atom. The summed E-state index contributed by atoms with van der Waals surface area (Å²) in [4.78, 5) is 0.240. The average Bonchev–Trinajstić information content (AvgIpc) is 2.38. The van der Waals surface area contributed by atoms with Crippen LogP contribution < -0.4 is 0 Å². The zero-order chi connectivity index (χ0) is 15.0. The van der Waals surface area contributed by atoms with Crippen LogP contribution in [0.4, 0.5) is 0 Å². The molecule has 0 spiro atoms. The van der Waals surface area contributed by atoms with E-state index in [1.165, 1.54) is 0 Å². The fourth-order valence-electron chi connectivity index (χ4n) is 2.31. The molecule has 1 aliphatic rings. The van der Waals surface area contributed by atoms with Crippen LogP contribution in [0, 0.1) is 5.41 Å². The van der Waals surface area contributed by atoms with Gasteiger partial charge in [0.05, 0.1) is 11.5 Å². The number of rotatable bonds is 3. The molecule has 0 saturated carbocycles. The predicted molar refractivity (Wildman–Crippen MR) is 81.8 cm³/mol. The molecule has 1 N–H and O–H groups in total. The maximum atomic E-state index is 12.7. The molecule has 1 heterocycles. The number of benzene rings is 1. The van der Waals surface area contributed by atoms with Gasteiger partial charge in [-0.15, -0.1) is 0 Å². The molecule has 20 heavy (non-hydrogen) atoms. The lowest BCUT2D eigenvalue weighted by atomic mass is 9.83. The Morgan fingerprint density at radius 3 is 2.45 bits per heavy atom. The highest BCUT2D eigenvalue weighted by Gasteiger charge is 2.33. The first-order valence-corrected chi connectivity index (χ1v) is 8.89. The standard InChI is InChI=1S/C14H20BrNO3S/c1-14(2)5-7-16(8-6-14)20(18,19)13-9-11(10-17)3-4-12(13)15/h3-4,9,17H,5-8,10H2,1-2H3. The second-order valence-electron chi connectivity index (χ2n) is 5.99. The molecule has 6 heteroatoms. The summed E-state index contributed by atoms with van der Waals surface area (Å²) in [5.41, 5.74) is 0.806. The highest BCUT2D eigenvalue weighted by Crippen LogP contribution is 2.34. The van der Waals surface area contributed by atoms with Crippen molar-refractivity contribution in [3.8, 4) is 0 Å². The van der Waals surface area contributed by atoms with E-state index < -0.39 is 10.0 Å². The van der Waals surface area contributed by atoms with Crippen molar-refractivity contribution in [2.75, 3.05) is 13.1 Å². The zero-order valence-electron chi connectivity index (χ0n) is 11.8. The molecule has 112 valence electrons. The Balaban J connectivity index is 2.31. The molecular weight excluding hydrogens is 342 g/mol. The summed E-state index contributed by atoms with van der Waals surface area (Å²) in [7, 11) is -3.50. The fraction of sp³-hybridized carbons (Fsp3) is 0.571. The van der Waals surface area contributed by atoms with E-state index in [9.17, 15) is 13.5 Å². The monoisotopic (exact) mass is 361 g/mol. The number of sulfonamides is 1. The van der Waals surface area contributed by atoms with Gasteiger partial charge in [0.1, 0.15) is 0 Å². The molecule has 1 saturated heterocycles. The van der Waals surface area contributed by atoms with Crippen LogP contribution in [0.1, 0.15) is 32.3 Å². The Morgan fingerprint density at radius 2 is 1.90 bits per heavy atom. The minimum absolute atomic E-state index is 0.164. The smallest absolute Gasteiger partial charge is 0.244 e. The zero-order valence-corrected chi connectivity index (χ0v) is 14.2. The quantitative estimate of drug-likeness (QED) is 0.900. The van der Waals surface area contributed by atoms with Crippen molar-refractivity contribution in [3.63, 3.8) is 0 Å². The van der Waals surface area contributed by atoms with Crippen LogP contribution in [0.5, 0.6) is 0 Å². The van der Waals surface area contributed by atoms with Gasteiger partial charge in [-0.05, 0) is 51.9 Å². The first kappa shape index (κ1) is 15.9.